The number of hydrogen-bond acceptors (Lipinski definition) is 3. The molecule has 2 unspecified atom stereocenters. The SMILES string of the molecule is Cc1cccc(N(C(C)C(=O)NC(C)c2ccc(F)cc2)S(C)(=O)=O)c1. The topological polar surface area (TPSA) is 66.5 Å². The summed E-state index contributed by atoms with van der Waals surface area (Å²) in [7, 11) is -3.66. The molecule has 0 aromatic heterocycles. The Hall–Kier alpha value is -2.41. The number of amides is 1. The van der Waals surface area contributed by atoms with Crippen LogP contribution in [-0.4, -0.2) is 26.6 Å². The van der Waals surface area contributed by atoms with Crippen LogP contribution in [-0.2, 0) is 14.8 Å². The first-order chi connectivity index (χ1) is 12.1. The molecular formula is C19H23FN2O3S. The Balaban J connectivity index is 2.23. The van der Waals surface area contributed by atoms with Crippen LogP contribution in [0.25, 0.3) is 0 Å². The molecule has 2 atom stereocenters. The molecule has 5 nitrogen and oxygen atoms in total. The molecule has 0 bridgehead atoms. The van der Waals surface area contributed by atoms with Crippen molar-refractivity contribution in [2.45, 2.75) is 32.9 Å². The summed E-state index contributed by atoms with van der Waals surface area (Å²) in [4.78, 5) is 12.6. The van der Waals surface area contributed by atoms with Gasteiger partial charge in [0.25, 0.3) is 0 Å². The fraction of sp³-hybridized carbons (Fsp3) is 0.316. The zero-order valence-corrected chi connectivity index (χ0v) is 16.0. The Bertz CT molecular complexity index is 882. The second-order valence-corrected chi connectivity index (χ2v) is 8.22. The van der Waals surface area contributed by atoms with Crippen molar-refractivity contribution in [1.29, 1.82) is 0 Å². The maximum absolute atomic E-state index is 13.0. The molecule has 0 saturated carbocycles. The number of aryl methyl sites for hydroxylation is 1. The number of rotatable bonds is 6. The van der Waals surface area contributed by atoms with Gasteiger partial charge >= 0.3 is 0 Å². The van der Waals surface area contributed by atoms with E-state index in [2.05, 4.69) is 5.32 Å². The molecule has 26 heavy (non-hydrogen) atoms. The van der Waals surface area contributed by atoms with Crippen LogP contribution < -0.4 is 9.62 Å². The highest BCUT2D eigenvalue weighted by Crippen LogP contribution is 2.22. The largest absolute Gasteiger partial charge is 0.348 e. The number of anilines is 1. The van der Waals surface area contributed by atoms with Crippen LogP contribution in [0.3, 0.4) is 0 Å². The summed E-state index contributed by atoms with van der Waals surface area (Å²) in [6.45, 7) is 5.15. The molecule has 0 heterocycles. The Labute approximate surface area is 153 Å². The fourth-order valence-electron chi connectivity index (χ4n) is 2.74. The van der Waals surface area contributed by atoms with Gasteiger partial charge in [0.1, 0.15) is 11.9 Å². The lowest BCUT2D eigenvalue weighted by Gasteiger charge is -2.29. The standard InChI is InChI=1S/C19H23FN2O3S/c1-13-6-5-7-18(12-13)22(26(4,24)25)15(3)19(23)21-14(2)16-8-10-17(20)11-9-16/h5-12,14-15H,1-4H3,(H,21,23). The molecule has 0 spiro atoms. The molecule has 0 fully saturated rings. The molecule has 2 aromatic rings. The molecule has 2 aromatic carbocycles. The van der Waals surface area contributed by atoms with Gasteiger partial charge in [-0.1, -0.05) is 24.3 Å². The van der Waals surface area contributed by atoms with E-state index in [1.54, 1.807) is 37.3 Å². The highest BCUT2D eigenvalue weighted by Gasteiger charge is 2.29. The monoisotopic (exact) mass is 378 g/mol. The summed E-state index contributed by atoms with van der Waals surface area (Å²) in [6.07, 6.45) is 1.07. The van der Waals surface area contributed by atoms with Gasteiger partial charge in [0.15, 0.2) is 0 Å². The van der Waals surface area contributed by atoms with Crippen LogP contribution in [0.5, 0.6) is 0 Å². The average Bonchev–Trinajstić information content (AvgIpc) is 2.54. The molecular weight excluding hydrogens is 355 g/mol. The van der Waals surface area contributed by atoms with E-state index in [0.717, 1.165) is 21.7 Å². The van der Waals surface area contributed by atoms with Gasteiger partial charge in [0.2, 0.25) is 15.9 Å². The van der Waals surface area contributed by atoms with Gasteiger partial charge in [0, 0.05) is 0 Å². The Morgan fingerprint density at radius 2 is 1.73 bits per heavy atom. The van der Waals surface area contributed by atoms with Crippen LogP contribution in [0.15, 0.2) is 48.5 Å². The summed E-state index contributed by atoms with van der Waals surface area (Å²) >= 11 is 0. The number of nitrogens with zero attached hydrogens (tertiary/aromatic N) is 1. The number of hydrogen-bond donors (Lipinski definition) is 1. The van der Waals surface area contributed by atoms with E-state index < -0.39 is 22.0 Å². The summed E-state index contributed by atoms with van der Waals surface area (Å²) in [6, 6.07) is 11.4. The van der Waals surface area contributed by atoms with Gasteiger partial charge in [-0.05, 0) is 56.2 Å². The van der Waals surface area contributed by atoms with Gasteiger partial charge in [-0.3, -0.25) is 9.10 Å². The zero-order valence-electron chi connectivity index (χ0n) is 15.2. The van der Waals surface area contributed by atoms with Crippen molar-refractivity contribution in [2.24, 2.45) is 0 Å². The highest BCUT2D eigenvalue weighted by molar-refractivity contribution is 7.92. The van der Waals surface area contributed by atoms with Crippen molar-refractivity contribution in [3.8, 4) is 0 Å². The minimum atomic E-state index is -3.66. The summed E-state index contributed by atoms with van der Waals surface area (Å²) in [5, 5.41) is 2.78. The van der Waals surface area contributed by atoms with Crippen molar-refractivity contribution in [3.63, 3.8) is 0 Å². The Morgan fingerprint density at radius 3 is 2.27 bits per heavy atom. The second-order valence-electron chi connectivity index (χ2n) is 6.36. The minimum Gasteiger partial charge on any atom is -0.348 e. The van der Waals surface area contributed by atoms with Gasteiger partial charge in [0.05, 0.1) is 18.0 Å². The lowest BCUT2D eigenvalue weighted by Crippen LogP contribution is -2.48. The van der Waals surface area contributed by atoms with Gasteiger partial charge in [-0.15, -0.1) is 0 Å². The number of nitrogens with one attached hydrogen (secondary N) is 1. The van der Waals surface area contributed by atoms with E-state index in [4.69, 9.17) is 0 Å². The molecule has 1 N–H and O–H groups in total. The molecule has 0 radical (unpaired) electrons. The fourth-order valence-corrected chi connectivity index (χ4v) is 3.91. The molecule has 2 rings (SSSR count). The molecule has 0 aliphatic heterocycles. The van der Waals surface area contributed by atoms with Crippen molar-refractivity contribution < 1.29 is 17.6 Å². The van der Waals surface area contributed by atoms with E-state index in [-0.39, 0.29) is 11.9 Å². The highest BCUT2D eigenvalue weighted by atomic mass is 32.2. The van der Waals surface area contributed by atoms with Crippen LogP contribution in [0, 0.1) is 12.7 Å². The maximum atomic E-state index is 13.0. The molecule has 140 valence electrons. The van der Waals surface area contributed by atoms with Crippen molar-refractivity contribution >= 4 is 21.6 Å². The number of sulfonamides is 1. The Kier molecular flexibility index (Phi) is 6.02. The number of benzene rings is 2. The predicted octanol–water partition coefficient (Wildman–Crippen LogP) is 3.17. The first kappa shape index (κ1) is 19.9. The summed E-state index contributed by atoms with van der Waals surface area (Å²) in [5.41, 5.74) is 2.06. The Morgan fingerprint density at radius 1 is 1.12 bits per heavy atom. The smallest absolute Gasteiger partial charge is 0.244 e. The van der Waals surface area contributed by atoms with E-state index in [1.807, 2.05) is 13.0 Å². The minimum absolute atomic E-state index is 0.358. The van der Waals surface area contributed by atoms with Crippen molar-refractivity contribution in [2.75, 3.05) is 10.6 Å². The van der Waals surface area contributed by atoms with Crippen LogP contribution in [0.2, 0.25) is 0 Å². The van der Waals surface area contributed by atoms with Crippen molar-refractivity contribution in [3.05, 3.63) is 65.5 Å². The van der Waals surface area contributed by atoms with E-state index in [0.29, 0.717) is 5.69 Å². The zero-order chi connectivity index (χ0) is 19.5. The maximum Gasteiger partial charge on any atom is 0.244 e. The van der Waals surface area contributed by atoms with Crippen molar-refractivity contribution in [1.82, 2.24) is 5.32 Å². The van der Waals surface area contributed by atoms with E-state index in [9.17, 15) is 17.6 Å². The van der Waals surface area contributed by atoms with Crippen LogP contribution >= 0.6 is 0 Å². The predicted molar refractivity (Wildman–Crippen MR) is 101 cm³/mol. The summed E-state index contributed by atoms with van der Waals surface area (Å²) < 4.78 is 38.7. The molecule has 0 aliphatic carbocycles. The van der Waals surface area contributed by atoms with E-state index >= 15 is 0 Å². The van der Waals surface area contributed by atoms with Crippen LogP contribution in [0.1, 0.15) is 31.0 Å². The lowest BCUT2D eigenvalue weighted by molar-refractivity contribution is -0.122. The molecule has 0 aliphatic rings. The number of carbonyl (C=O) groups is 1. The van der Waals surface area contributed by atoms with Gasteiger partial charge in [-0.2, -0.15) is 0 Å². The van der Waals surface area contributed by atoms with Crippen LogP contribution in [0.4, 0.5) is 10.1 Å². The first-order valence-corrected chi connectivity index (χ1v) is 10.1. The normalized spacial score (nSPS) is 13.7. The van der Waals surface area contributed by atoms with Gasteiger partial charge in [-0.25, -0.2) is 12.8 Å². The molecule has 0 saturated heterocycles. The van der Waals surface area contributed by atoms with E-state index in [1.165, 1.54) is 19.1 Å². The number of carbonyl (C=O) groups excluding carboxylic acids is 1. The quantitative estimate of drug-likeness (QED) is 0.840. The lowest BCUT2D eigenvalue weighted by atomic mass is 10.1. The average molecular weight is 378 g/mol. The third-order valence-corrected chi connectivity index (χ3v) is 5.32. The van der Waals surface area contributed by atoms with Gasteiger partial charge < -0.3 is 5.32 Å². The summed E-state index contributed by atoms with van der Waals surface area (Å²) in [5.74, 6) is -0.794. The molecule has 1 amide bonds. The second kappa shape index (κ2) is 7.86. The third-order valence-electron chi connectivity index (χ3n) is 4.07. The molecule has 7 heteroatoms. The number of halogens is 1. The third kappa shape index (κ3) is 4.82. The first-order valence-electron chi connectivity index (χ1n) is 8.21.